The molecule has 90 valence electrons. The van der Waals surface area contributed by atoms with E-state index in [2.05, 4.69) is 25.4 Å². The van der Waals surface area contributed by atoms with E-state index in [1.54, 1.807) is 32.2 Å². The van der Waals surface area contributed by atoms with Gasteiger partial charge in [-0.15, -0.1) is 0 Å². The summed E-state index contributed by atoms with van der Waals surface area (Å²) in [7, 11) is 7.55. The fourth-order valence-electron chi connectivity index (χ4n) is 1.46. The Bertz CT molecular complexity index is 376. The topological polar surface area (TPSA) is 29.4 Å². The standard InChI is InChI=1S/C14H20BNO/c1-10(2)14(16-5)11(3)9-13(15)8-6-7-12(4)17/h6,8-10H,3,7H2,1-2,4-5H3/b8-6-,13-9+,16-14?. The molecule has 0 aromatic rings. The van der Waals surface area contributed by atoms with Crippen molar-refractivity contribution in [3.8, 4) is 0 Å². The summed E-state index contributed by atoms with van der Waals surface area (Å²) in [4.78, 5) is 14.9. The van der Waals surface area contributed by atoms with Crippen LogP contribution in [0.25, 0.3) is 0 Å². The van der Waals surface area contributed by atoms with Crippen molar-refractivity contribution in [1.82, 2.24) is 0 Å². The monoisotopic (exact) mass is 229 g/mol. The lowest BCUT2D eigenvalue weighted by Crippen LogP contribution is -2.09. The van der Waals surface area contributed by atoms with Crippen LogP contribution >= 0.6 is 0 Å². The van der Waals surface area contributed by atoms with E-state index in [0.29, 0.717) is 17.8 Å². The first-order chi connectivity index (χ1) is 7.88. The maximum Gasteiger partial charge on any atom is 0.133 e. The minimum Gasteiger partial charge on any atom is -0.300 e. The third-order valence-corrected chi connectivity index (χ3v) is 2.17. The van der Waals surface area contributed by atoms with E-state index in [9.17, 15) is 4.79 Å². The molecule has 0 spiro atoms. The van der Waals surface area contributed by atoms with Crippen molar-refractivity contribution >= 4 is 19.3 Å². The fraction of sp³-hybridized carbons (Fsp3) is 0.429. The summed E-state index contributed by atoms with van der Waals surface area (Å²) in [6.07, 6.45) is 5.65. The van der Waals surface area contributed by atoms with Gasteiger partial charge in [-0.1, -0.05) is 44.1 Å². The summed E-state index contributed by atoms with van der Waals surface area (Å²) in [5.41, 5.74) is 2.33. The quantitative estimate of drug-likeness (QED) is 0.391. The number of aliphatic imine (C=N–C) groups is 1. The first kappa shape index (κ1) is 15.6. The van der Waals surface area contributed by atoms with Crippen LogP contribution in [-0.4, -0.2) is 26.4 Å². The Labute approximate surface area is 106 Å². The van der Waals surface area contributed by atoms with Crippen molar-refractivity contribution in [2.75, 3.05) is 7.05 Å². The average Bonchev–Trinajstić information content (AvgIpc) is 2.16. The predicted octanol–water partition coefficient (Wildman–Crippen LogP) is 2.86. The van der Waals surface area contributed by atoms with Crippen LogP contribution in [0.5, 0.6) is 0 Å². The SMILES string of the molecule is [B]C(/C=C\CC(C)=O)=C/C(=C)C(=NC)C(C)C. The summed E-state index contributed by atoms with van der Waals surface area (Å²) in [6, 6.07) is 0. The van der Waals surface area contributed by atoms with Crippen LogP contribution in [0, 0.1) is 5.92 Å². The molecule has 17 heavy (non-hydrogen) atoms. The van der Waals surface area contributed by atoms with Crippen LogP contribution in [0.3, 0.4) is 0 Å². The summed E-state index contributed by atoms with van der Waals surface area (Å²) in [5.74, 6) is 0.434. The van der Waals surface area contributed by atoms with Crippen molar-refractivity contribution in [2.24, 2.45) is 10.9 Å². The Hall–Kier alpha value is -1.38. The van der Waals surface area contributed by atoms with E-state index >= 15 is 0 Å². The van der Waals surface area contributed by atoms with Gasteiger partial charge in [-0.3, -0.25) is 9.79 Å². The number of carbonyl (C=O) groups excluding carboxylic acids is 1. The molecule has 0 aliphatic rings. The van der Waals surface area contributed by atoms with Gasteiger partial charge in [0.1, 0.15) is 13.6 Å². The van der Waals surface area contributed by atoms with E-state index in [0.717, 1.165) is 11.3 Å². The highest BCUT2D eigenvalue weighted by Gasteiger charge is 2.05. The van der Waals surface area contributed by atoms with Crippen LogP contribution in [0.15, 0.2) is 40.8 Å². The number of nitrogens with zero attached hydrogens (tertiary/aromatic N) is 1. The van der Waals surface area contributed by atoms with Gasteiger partial charge in [-0.2, -0.15) is 0 Å². The lowest BCUT2D eigenvalue weighted by molar-refractivity contribution is -0.116. The first-order valence-corrected chi connectivity index (χ1v) is 5.67. The molecule has 0 amide bonds. The minimum absolute atomic E-state index is 0.117. The van der Waals surface area contributed by atoms with Gasteiger partial charge in [0.2, 0.25) is 0 Å². The molecule has 0 aromatic carbocycles. The Morgan fingerprint density at radius 1 is 1.47 bits per heavy atom. The maximum atomic E-state index is 10.7. The first-order valence-electron chi connectivity index (χ1n) is 5.67. The minimum atomic E-state index is 0.117. The second kappa shape index (κ2) is 7.83. The molecular formula is C14H20BNO. The van der Waals surface area contributed by atoms with Gasteiger partial charge in [-0.25, -0.2) is 0 Å². The number of carbonyl (C=O) groups is 1. The molecule has 0 N–H and O–H groups in total. The van der Waals surface area contributed by atoms with Crippen LogP contribution in [0.4, 0.5) is 0 Å². The van der Waals surface area contributed by atoms with Crippen molar-refractivity contribution in [1.29, 1.82) is 0 Å². The van der Waals surface area contributed by atoms with E-state index < -0.39 is 0 Å². The summed E-state index contributed by atoms with van der Waals surface area (Å²) >= 11 is 0. The van der Waals surface area contributed by atoms with Gasteiger partial charge in [0.25, 0.3) is 0 Å². The third-order valence-electron chi connectivity index (χ3n) is 2.17. The lowest BCUT2D eigenvalue weighted by atomic mass is 9.90. The van der Waals surface area contributed by atoms with Crippen molar-refractivity contribution in [2.45, 2.75) is 27.2 Å². The maximum absolute atomic E-state index is 10.7. The van der Waals surface area contributed by atoms with Crippen LogP contribution in [0.1, 0.15) is 27.2 Å². The number of hydrogen-bond acceptors (Lipinski definition) is 2. The number of allylic oxidation sites excluding steroid dienone is 5. The average molecular weight is 229 g/mol. The highest BCUT2D eigenvalue weighted by Crippen LogP contribution is 2.09. The third kappa shape index (κ3) is 6.72. The van der Waals surface area contributed by atoms with Crippen molar-refractivity contribution in [3.63, 3.8) is 0 Å². The molecule has 0 fully saturated rings. The molecule has 0 aromatic heterocycles. The van der Waals surface area contributed by atoms with E-state index in [-0.39, 0.29) is 5.78 Å². The van der Waals surface area contributed by atoms with E-state index in [4.69, 9.17) is 7.85 Å². The van der Waals surface area contributed by atoms with Gasteiger partial charge in [0.15, 0.2) is 0 Å². The molecule has 2 radical (unpaired) electrons. The molecular weight excluding hydrogens is 209 g/mol. The number of hydrogen-bond donors (Lipinski definition) is 0. The Morgan fingerprint density at radius 2 is 2.06 bits per heavy atom. The molecule has 0 aliphatic heterocycles. The largest absolute Gasteiger partial charge is 0.300 e. The molecule has 0 saturated carbocycles. The second-order valence-electron chi connectivity index (χ2n) is 4.24. The number of rotatable bonds is 6. The molecule has 0 unspecified atom stereocenters. The van der Waals surface area contributed by atoms with Crippen LogP contribution < -0.4 is 0 Å². The van der Waals surface area contributed by atoms with Gasteiger partial charge < -0.3 is 0 Å². The fourth-order valence-corrected chi connectivity index (χ4v) is 1.46. The number of ketones is 1. The Kier molecular flexibility index (Phi) is 7.19. The predicted molar refractivity (Wildman–Crippen MR) is 75.6 cm³/mol. The summed E-state index contributed by atoms with van der Waals surface area (Å²) in [5, 5.41) is 0. The number of Topliss-reactive ketones (excluding diaryl/α,β-unsaturated/α-hetero) is 1. The molecule has 0 aliphatic carbocycles. The Balaban J connectivity index is 4.63. The van der Waals surface area contributed by atoms with Gasteiger partial charge in [0.05, 0.1) is 0 Å². The highest BCUT2D eigenvalue weighted by atomic mass is 16.1. The smallest absolute Gasteiger partial charge is 0.133 e. The molecule has 0 bridgehead atoms. The van der Waals surface area contributed by atoms with Gasteiger partial charge >= 0.3 is 0 Å². The molecule has 0 rings (SSSR count). The highest BCUT2D eigenvalue weighted by molar-refractivity contribution is 6.24. The van der Waals surface area contributed by atoms with Crippen molar-refractivity contribution < 1.29 is 4.79 Å². The Morgan fingerprint density at radius 3 is 2.47 bits per heavy atom. The normalized spacial score (nSPS) is 13.5. The molecule has 0 saturated heterocycles. The molecule has 2 nitrogen and oxygen atoms in total. The molecule has 0 atom stereocenters. The molecule has 3 heteroatoms. The van der Waals surface area contributed by atoms with E-state index in [1.165, 1.54) is 0 Å². The zero-order valence-corrected chi connectivity index (χ0v) is 11.2. The van der Waals surface area contributed by atoms with Gasteiger partial charge in [-0.05, 0) is 18.4 Å². The summed E-state index contributed by atoms with van der Waals surface area (Å²) in [6.45, 7) is 9.61. The van der Waals surface area contributed by atoms with Crippen LogP contribution in [0.2, 0.25) is 0 Å². The zero-order valence-electron chi connectivity index (χ0n) is 11.2. The second-order valence-corrected chi connectivity index (χ2v) is 4.24. The van der Waals surface area contributed by atoms with Crippen LogP contribution in [-0.2, 0) is 4.79 Å². The summed E-state index contributed by atoms with van der Waals surface area (Å²) < 4.78 is 0. The van der Waals surface area contributed by atoms with Crippen molar-refractivity contribution in [3.05, 3.63) is 35.9 Å². The molecule has 0 heterocycles. The van der Waals surface area contributed by atoms with Gasteiger partial charge in [0, 0.05) is 19.2 Å². The lowest BCUT2D eigenvalue weighted by Gasteiger charge is -2.09. The zero-order chi connectivity index (χ0) is 13.4. The van der Waals surface area contributed by atoms with E-state index in [1.807, 2.05) is 0 Å².